The summed E-state index contributed by atoms with van der Waals surface area (Å²) in [5.74, 6) is 0.171. The number of esters is 1. The van der Waals surface area contributed by atoms with E-state index in [2.05, 4.69) is 15.9 Å². The van der Waals surface area contributed by atoms with Gasteiger partial charge in [-0.2, -0.15) is 0 Å². The minimum atomic E-state index is -0.719. The Morgan fingerprint density at radius 2 is 1.76 bits per heavy atom. The van der Waals surface area contributed by atoms with Gasteiger partial charge in [-0.1, -0.05) is 81.9 Å². The fraction of sp³-hybridized carbons (Fsp3) is 0.138. The summed E-state index contributed by atoms with van der Waals surface area (Å²) >= 11 is 4.75. The van der Waals surface area contributed by atoms with E-state index >= 15 is 0 Å². The third-order valence-electron chi connectivity index (χ3n) is 5.97. The molecule has 1 atom stereocenters. The maximum atomic E-state index is 13.8. The van der Waals surface area contributed by atoms with Crippen LogP contribution in [-0.2, 0) is 9.53 Å². The summed E-state index contributed by atoms with van der Waals surface area (Å²) in [6, 6.07) is 23.9. The number of carbonyl (C=O) groups is 1. The van der Waals surface area contributed by atoms with Crippen LogP contribution in [0.2, 0.25) is 0 Å². The van der Waals surface area contributed by atoms with Gasteiger partial charge >= 0.3 is 5.97 Å². The monoisotopic (exact) mass is 574 g/mol. The smallest absolute Gasteiger partial charge is 0.338 e. The predicted molar refractivity (Wildman–Crippen MR) is 148 cm³/mol. The molecular formula is C29H23BrN2O4S. The molecule has 5 rings (SSSR count). The number of ether oxygens (including phenoxy) is 2. The Labute approximate surface area is 226 Å². The van der Waals surface area contributed by atoms with Gasteiger partial charge in [-0.25, -0.2) is 9.79 Å². The molecule has 0 aliphatic carbocycles. The van der Waals surface area contributed by atoms with Crippen LogP contribution in [-0.4, -0.2) is 24.3 Å². The van der Waals surface area contributed by atoms with Crippen LogP contribution in [0.5, 0.6) is 5.75 Å². The van der Waals surface area contributed by atoms with E-state index < -0.39 is 12.0 Å². The van der Waals surface area contributed by atoms with Crippen LogP contribution in [0.25, 0.3) is 11.8 Å². The largest absolute Gasteiger partial charge is 0.497 e. The summed E-state index contributed by atoms with van der Waals surface area (Å²) in [4.78, 5) is 32.7. The van der Waals surface area contributed by atoms with Gasteiger partial charge in [-0.05, 0) is 48.4 Å². The van der Waals surface area contributed by atoms with Crippen molar-refractivity contribution in [2.75, 3.05) is 13.7 Å². The molecule has 0 N–H and O–H groups in total. The first kappa shape index (κ1) is 24.9. The number of thiazole rings is 1. The van der Waals surface area contributed by atoms with E-state index in [1.807, 2.05) is 84.9 Å². The maximum Gasteiger partial charge on any atom is 0.338 e. The maximum absolute atomic E-state index is 13.8. The second kappa shape index (κ2) is 10.7. The van der Waals surface area contributed by atoms with Crippen molar-refractivity contribution in [2.45, 2.75) is 13.0 Å². The lowest BCUT2D eigenvalue weighted by molar-refractivity contribution is -0.138. The zero-order valence-corrected chi connectivity index (χ0v) is 22.6. The Balaban J connectivity index is 1.81. The Kier molecular flexibility index (Phi) is 7.21. The molecule has 0 saturated heterocycles. The van der Waals surface area contributed by atoms with E-state index in [-0.39, 0.29) is 12.2 Å². The summed E-state index contributed by atoms with van der Waals surface area (Å²) in [6.45, 7) is 1.96. The molecule has 6 nitrogen and oxygen atoms in total. The first-order chi connectivity index (χ1) is 18.0. The average molecular weight is 575 g/mol. The molecule has 0 spiro atoms. The summed E-state index contributed by atoms with van der Waals surface area (Å²) in [6.07, 6.45) is 1.84. The SMILES string of the molecule is CCOC(=O)C1=C(c2ccccc2)N=c2s/c(=C/c3ccc(Br)cc3)c(=O)n2C1c1ccc(OC)cc1. The van der Waals surface area contributed by atoms with Crippen molar-refractivity contribution in [3.8, 4) is 5.75 Å². The molecule has 2 heterocycles. The van der Waals surface area contributed by atoms with Crippen molar-refractivity contribution >= 4 is 45.0 Å². The second-order valence-corrected chi connectivity index (χ2v) is 10.2. The van der Waals surface area contributed by atoms with E-state index in [9.17, 15) is 9.59 Å². The van der Waals surface area contributed by atoms with Gasteiger partial charge in [0.05, 0.1) is 35.6 Å². The van der Waals surface area contributed by atoms with Crippen molar-refractivity contribution in [3.63, 3.8) is 0 Å². The second-order valence-electron chi connectivity index (χ2n) is 8.26. The molecule has 1 unspecified atom stereocenters. The lowest BCUT2D eigenvalue weighted by Crippen LogP contribution is -2.40. The quantitative estimate of drug-likeness (QED) is 0.313. The van der Waals surface area contributed by atoms with E-state index in [0.29, 0.717) is 26.4 Å². The number of carbonyl (C=O) groups excluding carboxylic acids is 1. The van der Waals surface area contributed by atoms with E-state index in [1.165, 1.54) is 11.3 Å². The molecule has 0 fully saturated rings. The van der Waals surface area contributed by atoms with Crippen LogP contribution in [0, 0.1) is 0 Å². The molecule has 0 radical (unpaired) electrons. The van der Waals surface area contributed by atoms with Crippen molar-refractivity contribution < 1.29 is 14.3 Å². The Bertz CT molecular complexity index is 1650. The number of hydrogen-bond donors (Lipinski definition) is 0. The fourth-order valence-corrected chi connectivity index (χ4v) is 5.52. The van der Waals surface area contributed by atoms with Crippen LogP contribution in [0.1, 0.15) is 29.7 Å². The van der Waals surface area contributed by atoms with Crippen LogP contribution >= 0.6 is 27.3 Å². The minimum absolute atomic E-state index is 0.202. The summed E-state index contributed by atoms with van der Waals surface area (Å²) < 4.78 is 13.9. The molecule has 186 valence electrons. The molecule has 0 amide bonds. The summed E-state index contributed by atoms with van der Waals surface area (Å²) in [5.41, 5.74) is 3.01. The van der Waals surface area contributed by atoms with E-state index in [0.717, 1.165) is 21.2 Å². The third-order valence-corrected chi connectivity index (χ3v) is 7.48. The third kappa shape index (κ3) is 4.95. The minimum Gasteiger partial charge on any atom is -0.497 e. The molecule has 37 heavy (non-hydrogen) atoms. The summed E-state index contributed by atoms with van der Waals surface area (Å²) in [7, 11) is 1.59. The van der Waals surface area contributed by atoms with Crippen LogP contribution in [0.4, 0.5) is 0 Å². The van der Waals surface area contributed by atoms with Gasteiger partial charge in [0, 0.05) is 10.0 Å². The first-order valence-corrected chi connectivity index (χ1v) is 13.3. The molecule has 4 aromatic rings. The van der Waals surface area contributed by atoms with Crippen molar-refractivity contribution in [3.05, 3.63) is 125 Å². The van der Waals surface area contributed by atoms with E-state index in [1.54, 1.807) is 18.6 Å². The highest BCUT2D eigenvalue weighted by Gasteiger charge is 2.35. The molecule has 0 saturated carbocycles. The van der Waals surface area contributed by atoms with Crippen molar-refractivity contribution in [1.82, 2.24) is 4.57 Å². The molecular weight excluding hydrogens is 552 g/mol. The first-order valence-electron chi connectivity index (χ1n) is 11.7. The van der Waals surface area contributed by atoms with Crippen LogP contribution in [0.3, 0.4) is 0 Å². The molecule has 1 aromatic heterocycles. The summed E-state index contributed by atoms with van der Waals surface area (Å²) in [5, 5.41) is 0. The van der Waals surface area contributed by atoms with Gasteiger partial charge in [-0.3, -0.25) is 9.36 Å². The number of rotatable bonds is 6. The number of halogens is 1. The van der Waals surface area contributed by atoms with Gasteiger partial charge in [0.25, 0.3) is 5.56 Å². The highest BCUT2D eigenvalue weighted by molar-refractivity contribution is 9.10. The number of hydrogen-bond acceptors (Lipinski definition) is 6. The highest BCUT2D eigenvalue weighted by atomic mass is 79.9. The lowest BCUT2D eigenvalue weighted by atomic mass is 9.93. The zero-order chi connectivity index (χ0) is 25.9. The topological polar surface area (TPSA) is 69.9 Å². The normalized spacial score (nSPS) is 15.2. The number of benzene rings is 3. The van der Waals surface area contributed by atoms with Crippen LogP contribution < -0.4 is 19.6 Å². The lowest BCUT2D eigenvalue weighted by Gasteiger charge is -2.26. The van der Waals surface area contributed by atoms with Crippen LogP contribution in [0.15, 0.2) is 98.7 Å². The fourth-order valence-electron chi connectivity index (χ4n) is 4.25. The van der Waals surface area contributed by atoms with Gasteiger partial charge in [0.1, 0.15) is 5.75 Å². The average Bonchev–Trinajstić information content (AvgIpc) is 3.24. The van der Waals surface area contributed by atoms with Crippen molar-refractivity contribution in [2.24, 2.45) is 4.99 Å². The molecule has 3 aromatic carbocycles. The molecule has 0 bridgehead atoms. The molecule has 1 aliphatic rings. The highest BCUT2D eigenvalue weighted by Crippen LogP contribution is 2.35. The van der Waals surface area contributed by atoms with Gasteiger partial charge in [-0.15, -0.1) is 0 Å². The Morgan fingerprint density at radius 3 is 2.41 bits per heavy atom. The van der Waals surface area contributed by atoms with Gasteiger partial charge in [0.2, 0.25) is 0 Å². The van der Waals surface area contributed by atoms with Crippen molar-refractivity contribution in [1.29, 1.82) is 0 Å². The van der Waals surface area contributed by atoms with Gasteiger partial charge in [0.15, 0.2) is 4.80 Å². The standard InChI is InChI=1S/C29H23BrN2O4S/c1-3-36-28(34)24-25(19-7-5-4-6-8-19)31-29-32(26(24)20-11-15-22(35-2)16-12-20)27(33)23(37-29)17-18-9-13-21(30)14-10-18/h4-17,26H,3H2,1-2H3/b23-17+. The molecule has 1 aliphatic heterocycles. The Morgan fingerprint density at radius 1 is 1.05 bits per heavy atom. The Hall–Kier alpha value is -3.75. The van der Waals surface area contributed by atoms with E-state index in [4.69, 9.17) is 14.5 Å². The number of nitrogens with zero attached hydrogens (tertiary/aromatic N) is 2. The molecule has 8 heteroatoms. The number of methoxy groups -OCH3 is 1. The predicted octanol–water partition coefficient (Wildman–Crippen LogP) is 4.71. The van der Waals surface area contributed by atoms with Gasteiger partial charge < -0.3 is 9.47 Å². The number of fused-ring (bicyclic) bond motifs is 1. The number of aromatic nitrogens is 1. The zero-order valence-electron chi connectivity index (χ0n) is 20.2.